The van der Waals surface area contributed by atoms with Gasteiger partial charge in [0.15, 0.2) is 18.8 Å². The van der Waals surface area contributed by atoms with Gasteiger partial charge >= 0.3 is 0 Å². The molecule has 0 aromatic heterocycles. The molecule has 0 rings (SSSR count). The Hall–Kier alpha value is -0.830. The predicted molar refractivity (Wildman–Crippen MR) is 51.3 cm³/mol. The maximum atomic E-state index is 10.4. The number of carbonyl (C=O) groups is 1. The molecule has 0 unspecified atom stereocenters. The van der Waals surface area contributed by atoms with E-state index in [1.165, 1.54) is 0 Å². The van der Waals surface area contributed by atoms with Crippen LogP contribution < -0.4 is 0 Å². The molecule has 0 amide bonds. The second-order valence-corrected chi connectivity index (χ2v) is 2.62. The van der Waals surface area contributed by atoms with Crippen molar-refractivity contribution < 1.29 is 14.3 Å². The lowest BCUT2D eigenvalue weighted by molar-refractivity contribution is -0.110. The molecule has 0 fully saturated rings. The third-order valence-electron chi connectivity index (χ3n) is 1.53. The Morgan fingerprint density at radius 3 is 2.69 bits per heavy atom. The summed E-state index contributed by atoms with van der Waals surface area (Å²) >= 11 is 0. The Morgan fingerprint density at radius 2 is 2.15 bits per heavy atom. The molecular weight excluding hydrogens is 168 g/mol. The first-order valence-electron chi connectivity index (χ1n) is 4.71. The monoisotopic (exact) mass is 186 g/mol. The van der Waals surface area contributed by atoms with Crippen molar-refractivity contribution >= 4 is 6.29 Å². The van der Waals surface area contributed by atoms with Crippen molar-refractivity contribution in [1.29, 1.82) is 0 Å². The summed E-state index contributed by atoms with van der Waals surface area (Å²) in [5.74, 6) is 0.377. The summed E-state index contributed by atoms with van der Waals surface area (Å²) in [6, 6.07) is 0. The number of unbranched alkanes of at least 4 members (excludes halogenated alkanes) is 2. The predicted octanol–water partition coefficient (Wildman–Crippen LogP) is 2.27. The van der Waals surface area contributed by atoms with Crippen molar-refractivity contribution in [2.24, 2.45) is 0 Å². The van der Waals surface area contributed by atoms with E-state index in [-0.39, 0.29) is 6.79 Å². The van der Waals surface area contributed by atoms with Gasteiger partial charge in [0.05, 0.1) is 0 Å². The fraction of sp³-hybridized carbons (Fsp3) is 0.700. The van der Waals surface area contributed by atoms with Gasteiger partial charge < -0.3 is 9.47 Å². The van der Waals surface area contributed by atoms with Crippen LogP contribution in [0.1, 0.15) is 33.1 Å². The quantitative estimate of drug-likeness (QED) is 0.192. The van der Waals surface area contributed by atoms with Crippen molar-refractivity contribution in [2.45, 2.75) is 33.1 Å². The van der Waals surface area contributed by atoms with Crippen LogP contribution in [0.3, 0.4) is 0 Å². The first-order valence-corrected chi connectivity index (χ1v) is 4.71. The molecular formula is C10H18O3. The molecule has 0 saturated carbocycles. The molecule has 0 aliphatic carbocycles. The highest BCUT2D eigenvalue weighted by molar-refractivity contribution is 5.69. The van der Waals surface area contributed by atoms with Gasteiger partial charge in [0.1, 0.15) is 0 Å². The van der Waals surface area contributed by atoms with Crippen LogP contribution in [0.25, 0.3) is 0 Å². The summed E-state index contributed by atoms with van der Waals surface area (Å²) in [5.41, 5.74) is 0. The van der Waals surface area contributed by atoms with Crippen molar-refractivity contribution in [3.05, 3.63) is 11.8 Å². The first-order chi connectivity index (χ1) is 6.35. The fourth-order valence-electron chi connectivity index (χ4n) is 0.783. The second kappa shape index (κ2) is 9.26. The Morgan fingerprint density at radius 1 is 1.38 bits per heavy atom. The molecule has 0 heterocycles. The van der Waals surface area contributed by atoms with E-state index in [1.54, 1.807) is 6.08 Å². The van der Waals surface area contributed by atoms with E-state index in [0.717, 1.165) is 19.3 Å². The van der Waals surface area contributed by atoms with Gasteiger partial charge in [-0.05, 0) is 25.8 Å². The molecule has 0 bridgehead atoms. The third-order valence-corrected chi connectivity index (χ3v) is 1.53. The molecule has 76 valence electrons. The number of aldehydes is 1. The average Bonchev–Trinajstić information content (AvgIpc) is 2.16. The summed E-state index contributed by atoms with van der Waals surface area (Å²) in [6.07, 6.45) is 5.60. The highest BCUT2D eigenvalue weighted by Crippen LogP contribution is 2.00. The van der Waals surface area contributed by atoms with Crippen LogP contribution >= 0.6 is 0 Å². The number of hydrogen-bond acceptors (Lipinski definition) is 3. The minimum absolute atomic E-state index is 0.160. The Bertz CT molecular complexity index is 152. The van der Waals surface area contributed by atoms with E-state index < -0.39 is 0 Å². The molecule has 0 aliphatic heterocycles. The van der Waals surface area contributed by atoms with Crippen LogP contribution in [0.4, 0.5) is 0 Å². The van der Waals surface area contributed by atoms with E-state index in [2.05, 4.69) is 6.92 Å². The van der Waals surface area contributed by atoms with Crippen molar-refractivity contribution in [1.82, 2.24) is 0 Å². The van der Waals surface area contributed by atoms with Crippen LogP contribution in [-0.2, 0) is 14.3 Å². The normalized spacial score (nSPS) is 11.4. The number of ether oxygens (including phenoxy) is 2. The minimum atomic E-state index is 0.160. The molecule has 0 N–H and O–H groups in total. The lowest BCUT2D eigenvalue weighted by atomic mass is 10.2. The van der Waals surface area contributed by atoms with Crippen LogP contribution in [0.15, 0.2) is 11.8 Å². The standard InChI is InChI=1S/C10H18O3/c1-3-5-6-7-10(8-11)13-9-12-4-2/h7-8H,3-6,9H2,1-2H3/b10-7+. The zero-order chi connectivity index (χ0) is 9.94. The minimum Gasteiger partial charge on any atom is -0.464 e. The van der Waals surface area contributed by atoms with Crippen molar-refractivity contribution in [3.8, 4) is 0 Å². The molecule has 0 aromatic rings. The van der Waals surface area contributed by atoms with Crippen LogP contribution in [-0.4, -0.2) is 19.7 Å². The highest BCUT2D eigenvalue weighted by Gasteiger charge is 1.94. The van der Waals surface area contributed by atoms with Gasteiger partial charge in [-0.2, -0.15) is 0 Å². The average molecular weight is 186 g/mol. The summed E-state index contributed by atoms with van der Waals surface area (Å²) in [6.45, 7) is 4.74. The van der Waals surface area contributed by atoms with Crippen LogP contribution in [0, 0.1) is 0 Å². The molecule has 0 radical (unpaired) electrons. The maximum absolute atomic E-state index is 10.4. The Labute approximate surface area is 79.7 Å². The van der Waals surface area contributed by atoms with Crippen LogP contribution in [0.2, 0.25) is 0 Å². The highest BCUT2D eigenvalue weighted by atomic mass is 16.7. The van der Waals surface area contributed by atoms with Crippen molar-refractivity contribution in [3.63, 3.8) is 0 Å². The fourth-order valence-corrected chi connectivity index (χ4v) is 0.783. The molecule has 3 heteroatoms. The van der Waals surface area contributed by atoms with E-state index in [4.69, 9.17) is 9.47 Å². The maximum Gasteiger partial charge on any atom is 0.189 e. The first kappa shape index (κ1) is 12.2. The van der Waals surface area contributed by atoms with Crippen molar-refractivity contribution in [2.75, 3.05) is 13.4 Å². The molecule has 0 spiro atoms. The van der Waals surface area contributed by atoms with Gasteiger partial charge in [-0.25, -0.2) is 0 Å². The third kappa shape index (κ3) is 7.53. The number of allylic oxidation sites excluding steroid dienone is 2. The van der Waals surface area contributed by atoms with E-state index in [9.17, 15) is 4.79 Å². The molecule has 0 saturated heterocycles. The largest absolute Gasteiger partial charge is 0.464 e. The number of hydrogen-bond donors (Lipinski definition) is 0. The summed E-state index contributed by atoms with van der Waals surface area (Å²) in [4.78, 5) is 10.4. The molecule has 3 nitrogen and oxygen atoms in total. The van der Waals surface area contributed by atoms with Gasteiger partial charge in [0.25, 0.3) is 0 Å². The Kier molecular flexibility index (Phi) is 8.67. The van der Waals surface area contributed by atoms with Crippen LogP contribution in [0.5, 0.6) is 0 Å². The smallest absolute Gasteiger partial charge is 0.189 e. The van der Waals surface area contributed by atoms with Gasteiger partial charge in [0, 0.05) is 6.61 Å². The SMILES string of the molecule is CCCC/C=C(\C=O)OCOCC. The molecule has 0 aliphatic rings. The second-order valence-electron chi connectivity index (χ2n) is 2.62. The lowest BCUT2D eigenvalue weighted by Gasteiger charge is -2.04. The molecule has 0 aromatic carbocycles. The zero-order valence-corrected chi connectivity index (χ0v) is 8.41. The summed E-state index contributed by atoms with van der Waals surface area (Å²) in [7, 11) is 0. The topological polar surface area (TPSA) is 35.5 Å². The summed E-state index contributed by atoms with van der Waals surface area (Å²) < 4.78 is 10.00. The molecule has 13 heavy (non-hydrogen) atoms. The number of carbonyl (C=O) groups excluding carboxylic acids is 1. The zero-order valence-electron chi connectivity index (χ0n) is 8.41. The lowest BCUT2D eigenvalue weighted by Crippen LogP contribution is -2.00. The van der Waals surface area contributed by atoms with Gasteiger partial charge in [-0.3, -0.25) is 4.79 Å². The van der Waals surface area contributed by atoms with Gasteiger partial charge in [0.2, 0.25) is 0 Å². The van der Waals surface area contributed by atoms with E-state index in [0.29, 0.717) is 18.7 Å². The number of rotatable bonds is 8. The van der Waals surface area contributed by atoms with E-state index >= 15 is 0 Å². The van der Waals surface area contributed by atoms with E-state index in [1.807, 2.05) is 6.92 Å². The van der Waals surface area contributed by atoms with Gasteiger partial charge in [-0.15, -0.1) is 0 Å². The Balaban J connectivity index is 3.60. The summed E-state index contributed by atoms with van der Waals surface area (Å²) in [5, 5.41) is 0. The molecule has 0 atom stereocenters. The van der Waals surface area contributed by atoms with Gasteiger partial charge in [-0.1, -0.05) is 13.3 Å².